The van der Waals surface area contributed by atoms with E-state index in [1.165, 1.54) is 0 Å². The Kier molecular flexibility index (Phi) is 6.61. The zero-order valence-corrected chi connectivity index (χ0v) is 18.1. The predicted octanol–water partition coefficient (Wildman–Crippen LogP) is 4.39. The molecule has 7 heteroatoms. The van der Waals surface area contributed by atoms with Gasteiger partial charge < -0.3 is 14.5 Å². The molecule has 0 radical (unpaired) electrons. The highest BCUT2D eigenvalue weighted by molar-refractivity contribution is 6.42. The van der Waals surface area contributed by atoms with Crippen molar-refractivity contribution in [2.45, 2.75) is 18.9 Å². The molecule has 2 aromatic rings. The average molecular weight is 447 g/mol. The van der Waals surface area contributed by atoms with Crippen LogP contribution >= 0.6 is 23.2 Å². The fraction of sp³-hybridized carbons (Fsp3) is 0.391. The van der Waals surface area contributed by atoms with E-state index in [4.69, 9.17) is 27.9 Å². The van der Waals surface area contributed by atoms with Gasteiger partial charge in [-0.15, -0.1) is 0 Å². The molecule has 5 nitrogen and oxygen atoms in total. The SMILES string of the molecule is O=C(c1ccc(Cl)c(Cl)c1)N1CCOC(CN(CC2CC2)C(=O)c2ccccc2)C1. The molecule has 2 aliphatic rings. The van der Waals surface area contributed by atoms with Gasteiger partial charge in [0.05, 0.1) is 22.8 Å². The van der Waals surface area contributed by atoms with E-state index >= 15 is 0 Å². The molecule has 30 heavy (non-hydrogen) atoms. The quantitative estimate of drug-likeness (QED) is 0.660. The molecule has 2 aromatic carbocycles. The summed E-state index contributed by atoms with van der Waals surface area (Å²) in [4.78, 5) is 29.6. The topological polar surface area (TPSA) is 49.9 Å². The third-order valence-corrected chi connectivity index (χ3v) is 6.24. The summed E-state index contributed by atoms with van der Waals surface area (Å²) in [5.74, 6) is 0.472. The first-order valence-electron chi connectivity index (χ1n) is 10.2. The minimum Gasteiger partial charge on any atom is -0.373 e. The van der Waals surface area contributed by atoms with Crippen LogP contribution in [0.3, 0.4) is 0 Å². The minimum atomic E-state index is -0.225. The Morgan fingerprint density at radius 1 is 1.00 bits per heavy atom. The zero-order valence-electron chi connectivity index (χ0n) is 16.6. The monoisotopic (exact) mass is 446 g/mol. The second-order valence-electron chi connectivity index (χ2n) is 7.89. The van der Waals surface area contributed by atoms with E-state index in [2.05, 4.69) is 0 Å². The Morgan fingerprint density at radius 2 is 1.77 bits per heavy atom. The number of carbonyl (C=O) groups is 2. The molecular weight excluding hydrogens is 423 g/mol. The fourth-order valence-electron chi connectivity index (χ4n) is 3.69. The van der Waals surface area contributed by atoms with Gasteiger partial charge in [0.25, 0.3) is 11.8 Å². The first-order valence-corrected chi connectivity index (χ1v) is 11.0. The number of nitrogens with zero attached hydrogens (tertiary/aromatic N) is 2. The van der Waals surface area contributed by atoms with Crippen molar-refractivity contribution in [3.8, 4) is 0 Å². The summed E-state index contributed by atoms with van der Waals surface area (Å²) in [6.45, 7) is 2.57. The standard InChI is InChI=1S/C23H24Cl2N2O3/c24-20-9-8-18(12-21(20)25)23(29)26-10-11-30-19(14-26)15-27(13-16-6-7-16)22(28)17-4-2-1-3-5-17/h1-5,8-9,12,16,19H,6-7,10-11,13-15H2. The molecule has 158 valence electrons. The first kappa shape index (κ1) is 21.2. The Labute approximate surface area is 186 Å². The predicted molar refractivity (Wildman–Crippen MR) is 117 cm³/mol. The lowest BCUT2D eigenvalue weighted by molar-refractivity contribution is -0.0335. The molecule has 4 rings (SSSR count). The second-order valence-corrected chi connectivity index (χ2v) is 8.71. The van der Waals surface area contributed by atoms with Crippen molar-refractivity contribution in [2.24, 2.45) is 5.92 Å². The van der Waals surface area contributed by atoms with Crippen molar-refractivity contribution in [3.05, 3.63) is 69.7 Å². The summed E-state index contributed by atoms with van der Waals surface area (Å²) < 4.78 is 5.92. The molecule has 2 fully saturated rings. The van der Waals surface area contributed by atoms with Crippen LogP contribution in [0.5, 0.6) is 0 Å². The van der Waals surface area contributed by atoms with Gasteiger partial charge in [-0.05, 0) is 49.1 Å². The van der Waals surface area contributed by atoms with Crippen molar-refractivity contribution in [3.63, 3.8) is 0 Å². The van der Waals surface area contributed by atoms with Crippen LogP contribution in [-0.4, -0.2) is 60.5 Å². The lowest BCUT2D eigenvalue weighted by Gasteiger charge is -2.36. The van der Waals surface area contributed by atoms with Gasteiger partial charge in [-0.1, -0.05) is 41.4 Å². The van der Waals surface area contributed by atoms with Gasteiger partial charge in [-0.25, -0.2) is 0 Å². The third-order valence-electron chi connectivity index (χ3n) is 5.50. The Hall–Kier alpha value is -2.08. The van der Waals surface area contributed by atoms with Crippen LogP contribution in [0.1, 0.15) is 33.6 Å². The number of carbonyl (C=O) groups excluding carboxylic acids is 2. The number of halogens is 2. The Bertz CT molecular complexity index is 918. The van der Waals surface area contributed by atoms with Gasteiger partial charge in [0.1, 0.15) is 0 Å². The van der Waals surface area contributed by atoms with E-state index in [9.17, 15) is 9.59 Å². The van der Waals surface area contributed by atoms with Crippen molar-refractivity contribution in [2.75, 3.05) is 32.8 Å². The van der Waals surface area contributed by atoms with E-state index in [-0.39, 0.29) is 17.9 Å². The van der Waals surface area contributed by atoms with Gasteiger partial charge in [-0.2, -0.15) is 0 Å². The van der Waals surface area contributed by atoms with Crippen LogP contribution in [0.25, 0.3) is 0 Å². The van der Waals surface area contributed by atoms with Gasteiger partial charge in [0.15, 0.2) is 0 Å². The summed E-state index contributed by atoms with van der Waals surface area (Å²) in [6.07, 6.45) is 2.09. The largest absolute Gasteiger partial charge is 0.373 e. The normalized spacial score (nSPS) is 18.9. The van der Waals surface area contributed by atoms with Crippen LogP contribution in [0.2, 0.25) is 10.0 Å². The molecule has 1 aliphatic carbocycles. The maximum atomic E-state index is 13.1. The number of amides is 2. The molecule has 1 heterocycles. The number of benzene rings is 2. The molecule has 1 saturated carbocycles. The summed E-state index contributed by atoms with van der Waals surface area (Å²) in [6, 6.07) is 14.2. The zero-order chi connectivity index (χ0) is 21.1. The van der Waals surface area contributed by atoms with Crippen LogP contribution in [0.4, 0.5) is 0 Å². The summed E-state index contributed by atoms with van der Waals surface area (Å²) in [7, 11) is 0. The molecule has 1 unspecified atom stereocenters. The highest BCUT2D eigenvalue weighted by atomic mass is 35.5. The fourth-order valence-corrected chi connectivity index (χ4v) is 3.99. The van der Waals surface area contributed by atoms with Gasteiger partial charge in [0, 0.05) is 37.3 Å². The van der Waals surface area contributed by atoms with Crippen molar-refractivity contribution in [1.82, 2.24) is 9.80 Å². The summed E-state index contributed by atoms with van der Waals surface area (Å²) >= 11 is 12.0. The summed E-state index contributed by atoms with van der Waals surface area (Å²) in [5, 5.41) is 0.777. The first-order chi connectivity index (χ1) is 14.5. The molecule has 1 atom stereocenters. The molecular formula is C23H24Cl2N2O3. The van der Waals surface area contributed by atoms with Gasteiger partial charge in [0.2, 0.25) is 0 Å². The Balaban J connectivity index is 1.43. The lowest BCUT2D eigenvalue weighted by atomic mass is 10.1. The van der Waals surface area contributed by atoms with Crippen molar-refractivity contribution in [1.29, 1.82) is 0 Å². The molecule has 0 spiro atoms. The van der Waals surface area contributed by atoms with Crippen LogP contribution in [0.15, 0.2) is 48.5 Å². The van der Waals surface area contributed by atoms with Gasteiger partial charge >= 0.3 is 0 Å². The van der Waals surface area contributed by atoms with Crippen LogP contribution < -0.4 is 0 Å². The van der Waals surface area contributed by atoms with E-state index in [1.807, 2.05) is 35.2 Å². The highest BCUT2D eigenvalue weighted by Crippen LogP contribution is 2.30. The van der Waals surface area contributed by atoms with Crippen LogP contribution in [0, 0.1) is 5.92 Å². The van der Waals surface area contributed by atoms with E-state index in [0.717, 1.165) is 19.4 Å². The van der Waals surface area contributed by atoms with Crippen molar-refractivity contribution < 1.29 is 14.3 Å². The maximum Gasteiger partial charge on any atom is 0.254 e. The third kappa shape index (κ3) is 5.15. The lowest BCUT2D eigenvalue weighted by Crippen LogP contribution is -2.51. The molecule has 0 N–H and O–H groups in total. The molecule has 1 saturated heterocycles. The molecule has 1 aliphatic heterocycles. The van der Waals surface area contributed by atoms with Gasteiger partial charge in [-0.3, -0.25) is 9.59 Å². The number of hydrogen-bond acceptors (Lipinski definition) is 3. The number of morpholine rings is 1. The van der Waals surface area contributed by atoms with E-state index in [0.29, 0.717) is 53.3 Å². The highest BCUT2D eigenvalue weighted by Gasteiger charge is 2.32. The summed E-state index contributed by atoms with van der Waals surface area (Å²) in [5.41, 5.74) is 1.18. The minimum absolute atomic E-state index is 0.0130. The van der Waals surface area contributed by atoms with E-state index in [1.54, 1.807) is 23.1 Å². The molecule has 0 bridgehead atoms. The Morgan fingerprint density at radius 3 is 2.47 bits per heavy atom. The number of hydrogen-bond donors (Lipinski definition) is 0. The second kappa shape index (κ2) is 9.38. The van der Waals surface area contributed by atoms with Crippen LogP contribution in [-0.2, 0) is 4.74 Å². The average Bonchev–Trinajstić information content (AvgIpc) is 3.59. The smallest absolute Gasteiger partial charge is 0.254 e. The molecule has 0 aromatic heterocycles. The molecule has 2 amide bonds. The maximum absolute atomic E-state index is 13.1. The number of ether oxygens (including phenoxy) is 1. The van der Waals surface area contributed by atoms with E-state index < -0.39 is 0 Å². The number of rotatable bonds is 6. The van der Waals surface area contributed by atoms with Crippen molar-refractivity contribution >= 4 is 35.0 Å².